The largest absolute Gasteiger partial charge is 0.378 e. The third kappa shape index (κ3) is 3.49. The third-order valence-corrected chi connectivity index (χ3v) is 4.55. The zero-order valence-corrected chi connectivity index (χ0v) is 13.0. The van der Waals surface area contributed by atoms with Gasteiger partial charge in [-0.2, -0.15) is 0 Å². The van der Waals surface area contributed by atoms with Crippen LogP contribution in [-0.2, 0) is 17.8 Å². The van der Waals surface area contributed by atoms with E-state index in [0.29, 0.717) is 6.61 Å². The van der Waals surface area contributed by atoms with Crippen LogP contribution in [0.3, 0.4) is 0 Å². The Labute approximate surface area is 121 Å². The van der Waals surface area contributed by atoms with E-state index in [9.17, 15) is 0 Å². The second-order valence-electron chi connectivity index (χ2n) is 4.01. The lowest BCUT2D eigenvalue weighted by Gasteiger charge is -1.95. The fourth-order valence-corrected chi connectivity index (χ4v) is 3.68. The number of aromatic nitrogens is 3. The highest BCUT2D eigenvalue weighted by Crippen LogP contribution is 2.34. The molecule has 0 aromatic carbocycles. The quantitative estimate of drug-likeness (QED) is 0.850. The lowest BCUT2D eigenvalue weighted by atomic mass is 10.2. The summed E-state index contributed by atoms with van der Waals surface area (Å²) in [5.41, 5.74) is 1.11. The average Bonchev–Trinajstić information content (AvgIpc) is 2.98. The minimum Gasteiger partial charge on any atom is -0.378 e. The van der Waals surface area contributed by atoms with Crippen molar-refractivity contribution < 1.29 is 4.74 Å². The Morgan fingerprint density at radius 1 is 1.21 bits per heavy atom. The van der Waals surface area contributed by atoms with E-state index < -0.39 is 0 Å². The third-order valence-electron chi connectivity index (χ3n) is 2.44. The fraction of sp³-hybridized carbons (Fsp3) is 0.583. The predicted molar refractivity (Wildman–Crippen MR) is 79.9 cm³/mol. The summed E-state index contributed by atoms with van der Waals surface area (Å²) >= 11 is 3.23. The molecule has 0 amide bonds. The van der Waals surface area contributed by atoms with Crippen molar-refractivity contribution in [2.45, 2.75) is 33.3 Å². The fourth-order valence-electron chi connectivity index (χ4n) is 1.70. The van der Waals surface area contributed by atoms with Crippen LogP contribution >= 0.6 is 22.7 Å². The number of aryl methyl sites for hydroxylation is 1. The molecule has 0 fully saturated rings. The molecule has 2 aromatic rings. The summed E-state index contributed by atoms with van der Waals surface area (Å²) in [5.74, 6) is 0. The van der Waals surface area contributed by atoms with Gasteiger partial charge < -0.3 is 10.1 Å². The van der Waals surface area contributed by atoms with Gasteiger partial charge in [0.25, 0.3) is 0 Å². The van der Waals surface area contributed by atoms with Crippen molar-refractivity contribution in [1.82, 2.24) is 15.2 Å². The number of methoxy groups -OCH3 is 1. The number of hydrogen-bond acceptors (Lipinski definition) is 7. The van der Waals surface area contributed by atoms with Gasteiger partial charge >= 0.3 is 0 Å². The van der Waals surface area contributed by atoms with E-state index in [4.69, 9.17) is 4.74 Å². The molecule has 0 bridgehead atoms. The summed E-state index contributed by atoms with van der Waals surface area (Å²) in [5, 5.41) is 14.4. The zero-order valence-electron chi connectivity index (χ0n) is 11.4. The summed E-state index contributed by atoms with van der Waals surface area (Å²) in [6, 6.07) is 0. The number of hydrogen-bond donors (Lipinski definition) is 1. The van der Waals surface area contributed by atoms with Gasteiger partial charge in [0.1, 0.15) is 5.01 Å². The average molecular weight is 298 g/mol. The summed E-state index contributed by atoms with van der Waals surface area (Å²) in [7, 11) is 1.69. The molecule has 0 unspecified atom stereocenters. The van der Waals surface area contributed by atoms with Crippen molar-refractivity contribution in [3.63, 3.8) is 0 Å². The smallest absolute Gasteiger partial charge is 0.206 e. The molecule has 104 valence electrons. The van der Waals surface area contributed by atoms with Gasteiger partial charge in [0.05, 0.1) is 17.2 Å². The molecule has 0 aliphatic heterocycles. The van der Waals surface area contributed by atoms with Crippen LogP contribution in [0.25, 0.3) is 9.88 Å². The first-order valence-electron chi connectivity index (χ1n) is 6.33. The van der Waals surface area contributed by atoms with Gasteiger partial charge in [-0.15, -0.1) is 21.5 Å². The molecule has 7 heteroatoms. The Morgan fingerprint density at radius 3 is 2.74 bits per heavy atom. The Kier molecular flexibility index (Phi) is 5.24. The summed E-state index contributed by atoms with van der Waals surface area (Å²) in [6.07, 6.45) is 2.04. The normalized spacial score (nSPS) is 10.9. The minimum atomic E-state index is 0.556. The van der Waals surface area contributed by atoms with Gasteiger partial charge in [-0.05, 0) is 13.3 Å². The second kappa shape index (κ2) is 6.93. The molecule has 0 atom stereocenters. The highest BCUT2D eigenvalue weighted by atomic mass is 32.1. The molecule has 0 aliphatic carbocycles. The minimum absolute atomic E-state index is 0.556. The van der Waals surface area contributed by atoms with Crippen LogP contribution in [-0.4, -0.2) is 28.8 Å². The monoisotopic (exact) mass is 298 g/mol. The molecule has 5 nitrogen and oxygen atoms in total. The number of nitrogens with one attached hydrogen (secondary N) is 1. The Hall–Kier alpha value is -1.05. The van der Waals surface area contributed by atoms with E-state index >= 15 is 0 Å². The van der Waals surface area contributed by atoms with Crippen LogP contribution in [0.5, 0.6) is 0 Å². The second-order valence-corrected chi connectivity index (χ2v) is 6.07. The SMILES string of the molecule is CCCc1nc(COC)sc1-c1nnc(NCC)s1. The van der Waals surface area contributed by atoms with Gasteiger partial charge in [0.15, 0.2) is 5.01 Å². The van der Waals surface area contributed by atoms with E-state index in [1.807, 2.05) is 6.92 Å². The van der Waals surface area contributed by atoms with Crippen molar-refractivity contribution in [3.05, 3.63) is 10.7 Å². The molecule has 0 aliphatic rings. The van der Waals surface area contributed by atoms with E-state index in [2.05, 4.69) is 27.4 Å². The van der Waals surface area contributed by atoms with Gasteiger partial charge in [0.2, 0.25) is 5.13 Å². The predicted octanol–water partition coefficient (Wildman–Crippen LogP) is 3.19. The molecule has 2 heterocycles. The topological polar surface area (TPSA) is 59.9 Å². The van der Waals surface area contributed by atoms with Crippen molar-refractivity contribution >= 4 is 27.8 Å². The summed E-state index contributed by atoms with van der Waals surface area (Å²) in [4.78, 5) is 5.77. The zero-order chi connectivity index (χ0) is 13.7. The van der Waals surface area contributed by atoms with Crippen LogP contribution in [0.1, 0.15) is 31.0 Å². The van der Waals surface area contributed by atoms with Crippen LogP contribution in [0.15, 0.2) is 0 Å². The maximum absolute atomic E-state index is 5.16. The van der Waals surface area contributed by atoms with Crippen LogP contribution in [0.2, 0.25) is 0 Å². The molecule has 2 aromatic heterocycles. The number of rotatable bonds is 7. The number of anilines is 1. The van der Waals surface area contributed by atoms with Gasteiger partial charge in [-0.25, -0.2) is 4.98 Å². The van der Waals surface area contributed by atoms with Gasteiger partial charge in [0, 0.05) is 13.7 Å². The Morgan fingerprint density at radius 2 is 2.05 bits per heavy atom. The summed E-state index contributed by atoms with van der Waals surface area (Å²) < 4.78 is 5.16. The first-order valence-corrected chi connectivity index (χ1v) is 7.97. The van der Waals surface area contributed by atoms with Crippen molar-refractivity contribution in [2.75, 3.05) is 19.0 Å². The van der Waals surface area contributed by atoms with E-state index in [1.165, 1.54) is 0 Å². The van der Waals surface area contributed by atoms with Gasteiger partial charge in [-0.1, -0.05) is 24.7 Å². The molecular weight excluding hydrogens is 280 g/mol. The standard InChI is InChI=1S/C12H18N4OS2/c1-4-6-8-10(18-9(14-8)7-17-3)11-15-16-12(19-11)13-5-2/h4-7H2,1-3H3,(H,13,16). The number of thiazole rings is 1. The lowest BCUT2D eigenvalue weighted by Crippen LogP contribution is -1.94. The lowest BCUT2D eigenvalue weighted by molar-refractivity contribution is 0.184. The van der Waals surface area contributed by atoms with Crippen molar-refractivity contribution in [2.24, 2.45) is 0 Å². The van der Waals surface area contributed by atoms with Crippen LogP contribution in [0.4, 0.5) is 5.13 Å². The first kappa shape index (κ1) is 14.4. The number of nitrogens with zero attached hydrogens (tertiary/aromatic N) is 3. The van der Waals surface area contributed by atoms with E-state index in [1.54, 1.807) is 29.8 Å². The maximum Gasteiger partial charge on any atom is 0.206 e. The molecule has 0 radical (unpaired) electrons. The van der Waals surface area contributed by atoms with Crippen LogP contribution in [0, 0.1) is 0 Å². The highest BCUT2D eigenvalue weighted by Gasteiger charge is 2.16. The molecule has 19 heavy (non-hydrogen) atoms. The van der Waals surface area contributed by atoms with Crippen LogP contribution < -0.4 is 5.32 Å². The Bertz CT molecular complexity index is 524. The maximum atomic E-state index is 5.16. The van der Waals surface area contributed by atoms with Crippen molar-refractivity contribution in [1.29, 1.82) is 0 Å². The molecule has 0 spiro atoms. The molecule has 0 saturated heterocycles. The highest BCUT2D eigenvalue weighted by molar-refractivity contribution is 7.23. The first-order chi connectivity index (χ1) is 9.28. The van der Waals surface area contributed by atoms with E-state index in [-0.39, 0.29) is 0 Å². The van der Waals surface area contributed by atoms with Crippen molar-refractivity contribution in [3.8, 4) is 9.88 Å². The number of ether oxygens (including phenoxy) is 1. The van der Waals surface area contributed by atoms with Gasteiger partial charge in [-0.3, -0.25) is 0 Å². The molecule has 2 rings (SSSR count). The van der Waals surface area contributed by atoms with E-state index in [0.717, 1.165) is 45.1 Å². The molecule has 1 N–H and O–H groups in total. The molecule has 0 saturated carbocycles. The Balaban J connectivity index is 2.29. The summed E-state index contributed by atoms with van der Waals surface area (Å²) in [6.45, 7) is 5.62. The molecular formula is C12H18N4OS2.